The third-order valence-corrected chi connectivity index (χ3v) is 14.5. The monoisotopic (exact) mass is 887 g/mol. The molecule has 0 unspecified atom stereocenters. The molecule has 0 spiro atoms. The maximum Gasteiger partial charge on any atom is 0.154 e. The Kier molecular flexibility index (Phi) is 8.96. The van der Waals surface area contributed by atoms with Crippen molar-refractivity contribution in [3.63, 3.8) is 0 Å². The molecule has 0 saturated heterocycles. The van der Waals surface area contributed by atoms with Crippen LogP contribution in [-0.2, 0) is 6.42 Å². The molecule has 2 aliphatic rings. The van der Waals surface area contributed by atoms with Crippen LogP contribution in [0.4, 0.5) is 0 Å². The molecule has 69 heavy (non-hydrogen) atoms. The predicted octanol–water partition coefficient (Wildman–Crippen LogP) is 15.8. The van der Waals surface area contributed by atoms with E-state index in [2.05, 4.69) is 178 Å². The molecule has 328 valence electrons. The zero-order chi connectivity index (χ0) is 45.6. The van der Waals surface area contributed by atoms with Gasteiger partial charge in [-0.05, 0) is 101 Å². The number of aliphatic imine (C=N–C) groups is 1. The molecule has 15 rings (SSSR count). The summed E-state index contributed by atoms with van der Waals surface area (Å²) in [5.74, 6) is 0.866. The summed E-state index contributed by atoms with van der Waals surface area (Å²) in [6.07, 6.45) is 3.97. The highest BCUT2D eigenvalue weighted by Crippen LogP contribution is 2.44. The summed E-state index contributed by atoms with van der Waals surface area (Å²) < 4.78 is 11.9. The second-order valence-electron chi connectivity index (χ2n) is 18.5. The van der Waals surface area contributed by atoms with Crippen LogP contribution in [0.5, 0.6) is 0 Å². The number of nitrogens with zero attached hydrogens (tertiary/aromatic N) is 3. The second-order valence-corrected chi connectivity index (χ2v) is 18.5. The average molecular weight is 888 g/mol. The van der Waals surface area contributed by atoms with Gasteiger partial charge in [0.2, 0.25) is 0 Å². The minimum Gasteiger partial charge on any atom is -0.455 e. The lowest BCUT2D eigenvalue weighted by atomic mass is 9.99. The molecule has 7 bridgehead atoms. The topological polar surface area (TPSA) is 71.2 Å². The molecule has 6 nitrogen and oxygen atoms in total. The van der Waals surface area contributed by atoms with Crippen LogP contribution >= 0.6 is 0 Å². The summed E-state index contributed by atoms with van der Waals surface area (Å²) in [5.41, 5.74) is 12.7. The predicted molar refractivity (Wildman–Crippen MR) is 288 cm³/mol. The number of para-hydroxylation sites is 1. The van der Waals surface area contributed by atoms with Crippen molar-refractivity contribution >= 4 is 98.6 Å². The van der Waals surface area contributed by atoms with Gasteiger partial charge in [-0.15, -0.1) is 0 Å². The first-order valence-corrected chi connectivity index (χ1v) is 24.1. The van der Waals surface area contributed by atoms with Gasteiger partial charge in [0.1, 0.15) is 17.0 Å². The van der Waals surface area contributed by atoms with Gasteiger partial charge in [-0.1, -0.05) is 152 Å². The Labute approximate surface area is 397 Å². The standard InChI is InChI=1S/C63H45N5O/c64-62(41-15-3-1-4-16-41)66-63-52-22-13-24-58-59(52)54-38-57(49-20-9-10-21-51(49)61(54)69-58)68-56-37-45-34-42(25-26-43(45)36-53(56)50-32-29-40-14-6-8-19-48(40)60(50)68)39-27-30-46(31-28-39)67-47(18-5-2-12-33-65-63)35-44-17-7-11-23-55(44)67/h1,3-4,6-11,13-17,19-32,34-38H,2,5,12,18,33H2,(H2,64,65,66). The van der Waals surface area contributed by atoms with Gasteiger partial charge in [-0.2, -0.15) is 0 Å². The Bertz CT molecular complexity index is 4260. The van der Waals surface area contributed by atoms with E-state index in [0.717, 1.165) is 80.7 Å². The molecule has 3 aromatic heterocycles. The summed E-state index contributed by atoms with van der Waals surface area (Å²) >= 11 is 0. The first-order chi connectivity index (χ1) is 34.1. The SMILES string of the molecule is N=C(N=C1NCCCCCc2cc3ccccc3n2-c2ccc(cc2)-c2ccc3cc4c5ccc6ccccc6c5n(c4cc3c2)-c2cc3c(oc4cccc1c43)c1ccccc21)c1ccccc1. The van der Waals surface area contributed by atoms with E-state index in [1.807, 2.05) is 36.4 Å². The summed E-state index contributed by atoms with van der Waals surface area (Å²) in [7, 11) is 0. The molecule has 2 aliphatic heterocycles. The number of amidine groups is 2. The van der Waals surface area contributed by atoms with Crippen LogP contribution in [0.1, 0.15) is 36.1 Å². The number of hydrogen-bond acceptors (Lipinski definition) is 2. The second kappa shape index (κ2) is 15.7. The number of benzene rings is 10. The van der Waals surface area contributed by atoms with E-state index in [9.17, 15) is 5.41 Å². The van der Waals surface area contributed by atoms with Gasteiger partial charge in [0, 0.05) is 72.1 Å². The summed E-state index contributed by atoms with van der Waals surface area (Å²) in [6.45, 7) is 0.703. The smallest absolute Gasteiger partial charge is 0.154 e. The number of fused-ring (bicyclic) bond motifs is 15. The fourth-order valence-electron chi connectivity index (χ4n) is 11.2. The summed E-state index contributed by atoms with van der Waals surface area (Å²) in [6, 6.07) is 72.3. The van der Waals surface area contributed by atoms with Crippen LogP contribution in [0.15, 0.2) is 210 Å². The van der Waals surface area contributed by atoms with Crippen LogP contribution in [0.3, 0.4) is 0 Å². The molecular formula is C63H45N5O. The minimum absolute atomic E-state index is 0.204. The number of hydrogen-bond donors (Lipinski definition) is 2. The van der Waals surface area contributed by atoms with Crippen molar-refractivity contribution in [2.24, 2.45) is 4.99 Å². The normalized spacial score (nSPS) is 14.0. The Morgan fingerprint density at radius 2 is 1.28 bits per heavy atom. The van der Waals surface area contributed by atoms with E-state index in [1.165, 1.54) is 71.2 Å². The van der Waals surface area contributed by atoms with Crippen LogP contribution in [0.2, 0.25) is 0 Å². The Hall–Kier alpha value is -8.74. The molecule has 13 aromatic rings. The number of furan rings is 1. The van der Waals surface area contributed by atoms with Gasteiger partial charge < -0.3 is 18.9 Å². The molecule has 6 heteroatoms. The number of rotatable bonds is 1. The molecule has 2 N–H and O–H groups in total. The molecular weight excluding hydrogens is 843 g/mol. The van der Waals surface area contributed by atoms with Crippen molar-refractivity contribution in [3.8, 4) is 22.5 Å². The van der Waals surface area contributed by atoms with E-state index >= 15 is 0 Å². The highest BCUT2D eigenvalue weighted by atomic mass is 16.3. The lowest BCUT2D eigenvalue weighted by Gasteiger charge is -2.15. The third-order valence-electron chi connectivity index (χ3n) is 14.5. The molecule has 0 radical (unpaired) electrons. The van der Waals surface area contributed by atoms with Crippen molar-refractivity contribution < 1.29 is 4.42 Å². The zero-order valence-electron chi connectivity index (χ0n) is 37.8. The van der Waals surface area contributed by atoms with Crippen LogP contribution < -0.4 is 5.32 Å². The first kappa shape index (κ1) is 39.4. The van der Waals surface area contributed by atoms with Crippen molar-refractivity contribution in [1.29, 1.82) is 5.41 Å². The molecule has 10 aromatic carbocycles. The van der Waals surface area contributed by atoms with Gasteiger partial charge in [-0.25, -0.2) is 4.99 Å². The van der Waals surface area contributed by atoms with Crippen molar-refractivity contribution in [3.05, 3.63) is 217 Å². The number of nitrogens with one attached hydrogen (secondary N) is 2. The first-order valence-electron chi connectivity index (χ1n) is 24.1. The average Bonchev–Trinajstić information content (AvgIpc) is 4.08. The Balaban J connectivity index is 1.06. The Morgan fingerprint density at radius 1 is 0.507 bits per heavy atom. The van der Waals surface area contributed by atoms with E-state index < -0.39 is 0 Å². The summed E-state index contributed by atoms with van der Waals surface area (Å²) in [5, 5.41) is 25.6. The largest absolute Gasteiger partial charge is 0.455 e. The van der Waals surface area contributed by atoms with Gasteiger partial charge in [0.15, 0.2) is 5.84 Å². The van der Waals surface area contributed by atoms with Crippen molar-refractivity contribution in [2.45, 2.75) is 25.7 Å². The molecule has 5 heterocycles. The van der Waals surface area contributed by atoms with Gasteiger partial charge in [-0.3, -0.25) is 5.41 Å². The van der Waals surface area contributed by atoms with E-state index in [1.54, 1.807) is 0 Å². The van der Waals surface area contributed by atoms with E-state index in [4.69, 9.17) is 9.41 Å². The van der Waals surface area contributed by atoms with Crippen molar-refractivity contribution in [1.82, 2.24) is 14.5 Å². The summed E-state index contributed by atoms with van der Waals surface area (Å²) in [4.78, 5) is 5.11. The minimum atomic E-state index is 0.204. The number of aryl methyl sites for hydroxylation is 1. The lowest BCUT2D eigenvalue weighted by Crippen LogP contribution is -2.27. The van der Waals surface area contributed by atoms with E-state index in [-0.39, 0.29) is 5.84 Å². The maximum absolute atomic E-state index is 9.28. The van der Waals surface area contributed by atoms with E-state index in [0.29, 0.717) is 12.4 Å². The Morgan fingerprint density at radius 3 is 2.16 bits per heavy atom. The highest BCUT2D eigenvalue weighted by molar-refractivity contribution is 6.26. The fraction of sp³-hybridized carbons (Fsp3) is 0.0794. The van der Waals surface area contributed by atoms with Crippen LogP contribution in [-0.4, -0.2) is 27.4 Å². The van der Waals surface area contributed by atoms with Crippen LogP contribution in [0, 0.1) is 5.41 Å². The lowest BCUT2D eigenvalue weighted by molar-refractivity contribution is 0.655. The third kappa shape index (κ3) is 6.33. The quantitative estimate of drug-likeness (QED) is 0.127. The zero-order valence-corrected chi connectivity index (χ0v) is 37.8. The fourth-order valence-corrected chi connectivity index (χ4v) is 11.2. The van der Waals surface area contributed by atoms with Crippen LogP contribution in [0.25, 0.3) is 109 Å². The van der Waals surface area contributed by atoms with Gasteiger partial charge in [0.25, 0.3) is 0 Å². The van der Waals surface area contributed by atoms with Gasteiger partial charge >= 0.3 is 0 Å². The molecule has 0 aliphatic carbocycles. The molecule has 0 saturated carbocycles. The molecule has 0 fully saturated rings. The maximum atomic E-state index is 9.28. The van der Waals surface area contributed by atoms with Crippen molar-refractivity contribution in [2.75, 3.05) is 6.54 Å². The number of aromatic nitrogens is 2. The highest BCUT2D eigenvalue weighted by Gasteiger charge is 2.23. The van der Waals surface area contributed by atoms with Gasteiger partial charge in [0.05, 0.1) is 22.2 Å². The molecule has 0 atom stereocenters. The molecule has 0 amide bonds.